The smallest absolute Gasteiger partial charge is 0.324 e. The minimum Gasteiger partial charge on any atom is -0.341 e. The molecule has 0 atom stereocenters. The van der Waals surface area contributed by atoms with Crippen molar-refractivity contribution < 1.29 is 9.59 Å². The first-order valence-corrected chi connectivity index (χ1v) is 3.90. The van der Waals surface area contributed by atoms with E-state index in [2.05, 4.69) is 5.32 Å². The highest BCUT2D eigenvalue weighted by molar-refractivity contribution is 8.13. The Bertz CT molecular complexity index is 171. The molecule has 0 aliphatic carbocycles. The third kappa shape index (κ3) is 1.23. The lowest BCUT2D eigenvalue weighted by molar-refractivity contribution is 0.205. The van der Waals surface area contributed by atoms with Crippen LogP contribution in [0.3, 0.4) is 0 Å². The van der Waals surface area contributed by atoms with Crippen molar-refractivity contribution in [3.63, 3.8) is 0 Å². The van der Waals surface area contributed by atoms with Crippen LogP contribution >= 0.6 is 11.8 Å². The molecule has 0 saturated carbocycles. The number of hydrogen-bond donors (Lipinski definition) is 1. The summed E-state index contributed by atoms with van der Waals surface area (Å²) in [6.45, 7) is 0.531. The van der Waals surface area contributed by atoms with Crippen LogP contribution in [-0.2, 0) is 0 Å². The van der Waals surface area contributed by atoms with Crippen LogP contribution in [0.25, 0.3) is 0 Å². The van der Waals surface area contributed by atoms with Crippen LogP contribution < -0.4 is 5.32 Å². The Hall–Kier alpha value is -0.710. The fourth-order valence-electron chi connectivity index (χ4n) is 0.713. The van der Waals surface area contributed by atoms with Gasteiger partial charge in [-0.25, -0.2) is 4.79 Å². The number of hydrogen-bond acceptors (Lipinski definition) is 3. The second kappa shape index (κ2) is 2.92. The Kier molecular flexibility index (Phi) is 2.16. The Morgan fingerprint density at radius 1 is 1.80 bits per heavy atom. The number of imide groups is 1. The second-order valence-corrected chi connectivity index (χ2v) is 2.87. The number of urea groups is 1. The van der Waals surface area contributed by atoms with Crippen LogP contribution in [0.2, 0.25) is 0 Å². The molecule has 0 aromatic rings. The van der Waals surface area contributed by atoms with E-state index in [1.807, 2.05) is 0 Å². The van der Waals surface area contributed by atoms with Crippen molar-refractivity contribution in [1.82, 2.24) is 10.2 Å². The Balaban J connectivity index is 2.55. The third-order valence-electron chi connectivity index (χ3n) is 1.22. The zero-order valence-electron chi connectivity index (χ0n) is 5.59. The Morgan fingerprint density at radius 2 is 2.50 bits per heavy atom. The summed E-state index contributed by atoms with van der Waals surface area (Å²) in [4.78, 5) is 22.8. The highest BCUT2D eigenvalue weighted by atomic mass is 32.2. The molecule has 0 unspecified atom stereocenters. The zero-order valence-corrected chi connectivity index (χ0v) is 6.40. The average Bonchev–Trinajstić information content (AvgIpc) is 2.34. The number of nitrogens with zero attached hydrogens (tertiary/aromatic N) is 1. The summed E-state index contributed by atoms with van der Waals surface area (Å²) >= 11 is 1.18. The largest absolute Gasteiger partial charge is 0.341 e. The molecule has 1 N–H and O–H groups in total. The topological polar surface area (TPSA) is 49.4 Å². The zero-order chi connectivity index (χ0) is 7.56. The highest BCUT2D eigenvalue weighted by Gasteiger charge is 2.25. The minimum absolute atomic E-state index is 0.153. The van der Waals surface area contributed by atoms with Gasteiger partial charge in [0.25, 0.3) is 5.24 Å². The van der Waals surface area contributed by atoms with Crippen molar-refractivity contribution in [1.29, 1.82) is 0 Å². The van der Waals surface area contributed by atoms with Crippen LogP contribution in [0.5, 0.6) is 0 Å². The van der Waals surface area contributed by atoms with E-state index in [1.165, 1.54) is 23.7 Å². The molecule has 1 fully saturated rings. The number of rotatable bonds is 0. The highest BCUT2D eigenvalue weighted by Crippen LogP contribution is 2.16. The van der Waals surface area contributed by atoms with Gasteiger partial charge in [0.1, 0.15) is 0 Å². The SMILES string of the molecule is CNC(=O)N1CCSC1=O. The predicted octanol–water partition coefficient (Wildman–Crippen LogP) is 0.495. The van der Waals surface area contributed by atoms with Crippen LogP contribution in [-0.4, -0.2) is 35.5 Å². The quantitative estimate of drug-likeness (QED) is 0.561. The molecule has 1 aliphatic rings. The predicted molar refractivity (Wildman–Crippen MR) is 39.0 cm³/mol. The first-order valence-electron chi connectivity index (χ1n) is 2.91. The molecule has 1 rings (SSSR count). The summed E-state index contributed by atoms with van der Waals surface area (Å²) in [5.74, 6) is 0.715. The summed E-state index contributed by atoms with van der Waals surface area (Å²) in [6.07, 6.45) is 0. The molecule has 4 nitrogen and oxygen atoms in total. The summed E-state index contributed by atoms with van der Waals surface area (Å²) in [5.41, 5.74) is 0. The molecule has 5 heteroatoms. The van der Waals surface area contributed by atoms with Gasteiger partial charge in [-0.2, -0.15) is 0 Å². The van der Waals surface area contributed by atoms with Gasteiger partial charge >= 0.3 is 6.03 Å². The summed E-state index contributed by atoms with van der Waals surface area (Å²) in [6, 6.07) is -0.310. The van der Waals surface area contributed by atoms with E-state index < -0.39 is 0 Å². The number of nitrogens with one attached hydrogen (secondary N) is 1. The van der Waals surface area contributed by atoms with Crippen LogP contribution in [0.4, 0.5) is 9.59 Å². The molecule has 0 aromatic heterocycles. The van der Waals surface area contributed by atoms with Gasteiger partial charge in [-0.15, -0.1) is 0 Å². The van der Waals surface area contributed by atoms with Crippen molar-refractivity contribution in [3.8, 4) is 0 Å². The summed E-state index contributed by atoms with van der Waals surface area (Å²) in [7, 11) is 1.51. The van der Waals surface area contributed by atoms with Crippen LogP contribution in [0.1, 0.15) is 0 Å². The number of carbonyl (C=O) groups excluding carboxylic acids is 2. The molecule has 3 amide bonds. The van der Waals surface area contributed by atoms with Crippen molar-refractivity contribution in [2.75, 3.05) is 19.3 Å². The van der Waals surface area contributed by atoms with Gasteiger partial charge in [0.15, 0.2) is 0 Å². The van der Waals surface area contributed by atoms with Crippen molar-refractivity contribution in [3.05, 3.63) is 0 Å². The van der Waals surface area contributed by atoms with E-state index in [1.54, 1.807) is 0 Å². The number of carbonyl (C=O) groups is 2. The van der Waals surface area contributed by atoms with Crippen LogP contribution in [0, 0.1) is 0 Å². The molecular weight excluding hydrogens is 152 g/mol. The Morgan fingerprint density at radius 3 is 2.90 bits per heavy atom. The minimum atomic E-state index is -0.310. The van der Waals surface area contributed by atoms with Gasteiger partial charge in [0, 0.05) is 19.3 Å². The van der Waals surface area contributed by atoms with Crippen molar-refractivity contribution >= 4 is 23.0 Å². The monoisotopic (exact) mass is 160 g/mol. The number of thioether (sulfide) groups is 1. The third-order valence-corrected chi connectivity index (χ3v) is 2.07. The Labute approximate surface area is 62.9 Å². The molecule has 0 radical (unpaired) electrons. The summed E-state index contributed by atoms with van der Waals surface area (Å²) in [5, 5.41) is 2.24. The van der Waals surface area contributed by atoms with E-state index in [0.29, 0.717) is 12.3 Å². The first-order chi connectivity index (χ1) is 4.75. The maximum Gasteiger partial charge on any atom is 0.324 e. The summed E-state index contributed by atoms with van der Waals surface area (Å²) < 4.78 is 0. The maximum atomic E-state index is 10.8. The average molecular weight is 160 g/mol. The van der Waals surface area contributed by atoms with E-state index in [-0.39, 0.29) is 11.3 Å². The maximum absolute atomic E-state index is 10.8. The van der Waals surface area contributed by atoms with E-state index in [9.17, 15) is 9.59 Å². The molecular formula is C5H8N2O2S. The fourth-order valence-corrected chi connectivity index (χ4v) is 1.49. The van der Waals surface area contributed by atoms with Crippen molar-refractivity contribution in [2.24, 2.45) is 0 Å². The molecule has 56 valence electrons. The lowest BCUT2D eigenvalue weighted by Gasteiger charge is -2.10. The lowest BCUT2D eigenvalue weighted by Crippen LogP contribution is -2.37. The van der Waals surface area contributed by atoms with E-state index in [0.717, 1.165) is 0 Å². The van der Waals surface area contributed by atoms with Gasteiger partial charge in [-0.05, 0) is 0 Å². The van der Waals surface area contributed by atoms with Gasteiger partial charge in [0.2, 0.25) is 0 Å². The molecule has 0 bridgehead atoms. The normalized spacial score (nSPS) is 17.7. The standard InChI is InChI=1S/C5H8N2O2S/c1-6-4(8)7-2-3-10-5(7)9/h2-3H2,1H3,(H,6,8). The molecule has 0 spiro atoms. The van der Waals surface area contributed by atoms with Crippen molar-refractivity contribution in [2.45, 2.75) is 0 Å². The van der Waals surface area contributed by atoms with Crippen LogP contribution in [0.15, 0.2) is 0 Å². The van der Waals surface area contributed by atoms with E-state index in [4.69, 9.17) is 0 Å². The second-order valence-electron chi connectivity index (χ2n) is 1.82. The molecule has 1 saturated heterocycles. The van der Waals surface area contributed by atoms with Gasteiger partial charge in [-0.3, -0.25) is 9.69 Å². The fraction of sp³-hybridized carbons (Fsp3) is 0.600. The number of amides is 3. The molecule has 1 heterocycles. The molecule has 0 aromatic carbocycles. The van der Waals surface area contributed by atoms with Gasteiger partial charge in [0.05, 0.1) is 0 Å². The lowest BCUT2D eigenvalue weighted by atomic mass is 10.6. The van der Waals surface area contributed by atoms with E-state index >= 15 is 0 Å². The van der Waals surface area contributed by atoms with Gasteiger partial charge < -0.3 is 5.32 Å². The first kappa shape index (κ1) is 7.40. The van der Waals surface area contributed by atoms with Gasteiger partial charge in [-0.1, -0.05) is 11.8 Å². The molecule has 1 aliphatic heterocycles. The molecule has 10 heavy (non-hydrogen) atoms.